The molecule has 0 unspecified atom stereocenters. The number of carbonyl (C=O) groups excluding carboxylic acids is 1. The van der Waals surface area contributed by atoms with Crippen LogP contribution in [0.15, 0.2) is 53.9 Å². The van der Waals surface area contributed by atoms with E-state index in [1.807, 2.05) is 0 Å². The second kappa shape index (κ2) is 8.79. The van der Waals surface area contributed by atoms with E-state index in [0.29, 0.717) is 22.7 Å². The molecule has 7 nitrogen and oxygen atoms in total. The van der Waals surface area contributed by atoms with Crippen LogP contribution in [0.3, 0.4) is 0 Å². The molecule has 2 aromatic carbocycles. The van der Waals surface area contributed by atoms with Crippen molar-refractivity contribution in [3.8, 4) is 11.5 Å². The number of aryl methyl sites for hydroxylation is 1. The van der Waals surface area contributed by atoms with E-state index in [-0.39, 0.29) is 17.0 Å². The maximum atomic E-state index is 13.4. The lowest BCUT2D eigenvalue weighted by Crippen LogP contribution is -2.32. The molecule has 0 atom stereocenters. The third-order valence-corrected chi connectivity index (χ3v) is 5.91. The molecule has 150 valence electrons. The van der Waals surface area contributed by atoms with Gasteiger partial charge in [0.05, 0.1) is 44.0 Å². The van der Waals surface area contributed by atoms with E-state index in [4.69, 9.17) is 14.2 Å². The molecule has 0 N–H and O–H groups in total. The Morgan fingerprint density at radius 1 is 1.07 bits per heavy atom. The van der Waals surface area contributed by atoms with Crippen LogP contribution < -0.4 is 13.8 Å². The minimum absolute atomic E-state index is 0.0160. The predicted octanol–water partition coefficient (Wildman–Crippen LogP) is 3.18. The molecule has 0 saturated heterocycles. The molecule has 0 radical (unpaired) electrons. The van der Waals surface area contributed by atoms with Crippen LogP contribution in [0.2, 0.25) is 0 Å². The van der Waals surface area contributed by atoms with E-state index in [1.165, 1.54) is 56.0 Å². The van der Waals surface area contributed by atoms with Gasteiger partial charge in [-0.1, -0.05) is 12.1 Å². The van der Waals surface area contributed by atoms with Crippen molar-refractivity contribution in [2.24, 2.45) is 0 Å². The third-order valence-electron chi connectivity index (χ3n) is 4.14. The summed E-state index contributed by atoms with van der Waals surface area (Å²) in [5.74, 6) is 0.158. The molecule has 8 heteroatoms. The van der Waals surface area contributed by atoms with Crippen molar-refractivity contribution >= 4 is 21.7 Å². The first-order valence-electron chi connectivity index (χ1n) is 8.34. The van der Waals surface area contributed by atoms with Gasteiger partial charge in [0.25, 0.3) is 10.0 Å². The highest BCUT2D eigenvalue weighted by Gasteiger charge is 2.27. The van der Waals surface area contributed by atoms with E-state index in [1.54, 1.807) is 19.1 Å². The highest BCUT2D eigenvalue weighted by molar-refractivity contribution is 7.92. The highest BCUT2D eigenvalue weighted by Crippen LogP contribution is 2.33. The molecule has 0 aliphatic rings. The van der Waals surface area contributed by atoms with Crippen molar-refractivity contribution in [3.63, 3.8) is 0 Å². The van der Waals surface area contributed by atoms with Gasteiger partial charge in [0, 0.05) is 6.07 Å². The fraction of sp³-hybridized carbons (Fsp3) is 0.250. The molecule has 0 heterocycles. The number of hydrogen-bond donors (Lipinski definition) is 0. The normalized spacial score (nSPS) is 10.9. The Labute approximate surface area is 165 Å². The Morgan fingerprint density at radius 2 is 1.75 bits per heavy atom. The minimum atomic E-state index is -3.97. The molecule has 0 aliphatic heterocycles. The summed E-state index contributed by atoms with van der Waals surface area (Å²) in [5.41, 5.74) is 1.29. The van der Waals surface area contributed by atoms with Crippen molar-refractivity contribution in [2.45, 2.75) is 11.8 Å². The summed E-state index contributed by atoms with van der Waals surface area (Å²) in [6.07, 6.45) is 1.47. The molecule has 0 amide bonds. The van der Waals surface area contributed by atoms with E-state index in [0.717, 1.165) is 0 Å². The third kappa shape index (κ3) is 4.12. The van der Waals surface area contributed by atoms with Gasteiger partial charge in [-0.15, -0.1) is 6.58 Å². The molecule has 2 aromatic rings. The maximum absolute atomic E-state index is 13.4. The van der Waals surface area contributed by atoms with E-state index < -0.39 is 16.0 Å². The van der Waals surface area contributed by atoms with Gasteiger partial charge < -0.3 is 14.2 Å². The van der Waals surface area contributed by atoms with E-state index >= 15 is 0 Å². The molecule has 0 fully saturated rings. The number of rotatable bonds is 8. The standard InChI is InChI=1S/C20H23NO6S/c1-6-11-21(17-12-15(20(22)27-5)8-7-14(17)2)28(23,24)16-9-10-18(25-3)19(13-16)26-4/h6-10,12-13H,1,11H2,2-5H3. The number of benzene rings is 2. The van der Waals surface area contributed by atoms with Gasteiger partial charge in [-0.05, 0) is 36.8 Å². The number of sulfonamides is 1. The monoisotopic (exact) mass is 405 g/mol. The number of ether oxygens (including phenoxy) is 3. The lowest BCUT2D eigenvalue weighted by molar-refractivity contribution is 0.0600. The summed E-state index contributed by atoms with van der Waals surface area (Å²) in [6, 6.07) is 9.09. The second-order valence-electron chi connectivity index (χ2n) is 5.83. The highest BCUT2D eigenvalue weighted by atomic mass is 32.2. The number of nitrogens with zero attached hydrogens (tertiary/aromatic N) is 1. The van der Waals surface area contributed by atoms with Crippen LogP contribution in [-0.2, 0) is 14.8 Å². The first-order chi connectivity index (χ1) is 13.3. The average Bonchev–Trinajstić information content (AvgIpc) is 2.71. The largest absolute Gasteiger partial charge is 0.493 e. The average molecular weight is 405 g/mol. The molecule has 0 aromatic heterocycles. The zero-order valence-corrected chi connectivity index (χ0v) is 17.1. The molecule has 2 rings (SSSR count). The quantitative estimate of drug-likeness (QED) is 0.496. The van der Waals surface area contributed by atoms with Crippen LogP contribution >= 0.6 is 0 Å². The van der Waals surface area contributed by atoms with Crippen molar-refractivity contribution in [3.05, 3.63) is 60.2 Å². The molecule has 0 bridgehead atoms. The first-order valence-corrected chi connectivity index (χ1v) is 9.78. The van der Waals surface area contributed by atoms with Crippen molar-refractivity contribution < 1.29 is 27.4 Å². The Morgan fingerprint density at radius 3 is 2.32 bits per heavy atom. The van der Waals surface area contributed by atoms with Gasteiger partial charge in [0.15, 0.2) is 11.5 Å². The van der Waals surface area contributed by atoms with Gasteiger partial charge in [-0.2, -0.15) is 0 Å². The van der Waals surface area contributed by atoms with Crippen molar-refractivity contribution in [2.75, 3.05) is 32.2 Å². The Kier molecular flexibility index (Phi) is 6.69. The summed E-state index contributed by atoms with van der Waals surface area (Å²) in [4.78, 5) is 11.9. The molecule has 0 aliphatic carbocycles. The Bertz CT molecular complexity index is 984. The SMILES string of the molecule is C=CCN(c1cc(C(=O)OC)ccc1C)S(=O)(=O)c1ccc(OC)c(OC)c1. The smallest absolute Gasteiger partial charge is 0.337 e. The number of anilines is 1. The maximum Gasteiger partial charge on any atom is 0.337 e. The predicted molar refractivity (Wildman–Crippen MR) is 107 cm³/mol. The zero-order chi connectivity index (χ0) is 20.9. The molecule has 0 saturated carbocycles. The first kappa shape index (κ1) is 21.3. The Balaban J connectivity index is 2.63. The topological polar surface area (TPSA) is 82.1 Å². The van der Waals surface area contributed by atoms with Crippen LogP contribution in [0.5, 0.6) is 11.5 Å². The molecule has 28 heavy (non-hydrogen) atoms. The van der Waals surface area contributed by atoms with E-state index in [9.17, 15) is 13.2 Å². The van der Waals surface area contributed by atoms with Crippen LogP contribution in [-0.4, -0.2) is 42.3 Å². The van der Waals surface area contributed by atoms with Gasteiger partial charge >= 0.3 is 5.97 Å². The van der Waals surface area contributed by atoms with Crippen molar-refractivity contribution in [1.82, 2.24) is 0 Å². The Hall–Kier alpha value is -3.00. The van der Waals surface area contributed by atoms with E-state index in [2.05, 4.69) is 6.58 Å². The second-order valence-corrected chi connectivity index (χ2v) is 7.70. The number of hydrogen-bond acceptors (Lipinski definition) is 6. The molecular formula is C20H23NO6S. The minimum Gasteiger partial charge on any atom is -0.493 e. The van der Waals surface area contributed by atoms with Crippen molar-refractivity contribution in [1.29, 1.82) is 0 Å². The summed E-state index contributed by atoms with van der Waals surface area (Å²) < 4.78 is 43.0. The fourth-order valence-corrected chi connectivity index (χ4v) is 4.18. The van der Waals surface area contributed by atoms with Crippen LogP contribution in [0.25, 0.3) is 0 Å². The molecule has 0 spiro atoms. The number of esters is 1. The lowest BCUT2D eigenvalue weighted by Gasteiger charge is -2.25. The van der Waals surface area contributed by atoms with Crippen LogP contribution in [0.4, 0.5) is 5.69 Å². The zero-order valence-electron chi connectivity index (χ0n) is 16.3. The van der Waals surface area contributed by atoms with Gasteiger partial charge in [-0.25, -0.2) is 13.2 Å². The number of methoxy groups -OCH3 is 3. The van der Waals surface area contributed by atoms with Crippen LogP contribution in [0.1, 0.15) is 15.9 Å². The van der Waals surface area contributed by atoms with Gasteiger partial charge in [0.2, 0.25) is 0 Å². The summed E-state index contributed by atoms with van der Waals surface area (Å²) in [6.45, 7) is 5.43. The number of carbonyl (C=O) groups is 1. The summed E-state index contributed by atoms with van der Waals surface area (Å²) in [7, 11) is 0.197. The lowest BCUT2D eigenvalue weighted by atomic mass is 10.1. The van der Waals surface area contributed by atoms with Gasteiger partial charge in [0.1, 0.15) is 0 Å². The fourth-order valence-electron chi connectivity index (χ4n) is 2.67. The summed E-state index contributed by atoms with van der Waals surface area (Å²) >= 11 is 0. The molecular weight excluding hydrogens is 382 g/mol. The van der Waals surface area contributed by atoms with Crippen LogP contribution in [0, 0.1) is 6.92 Å². The summed E-state index contributed by atoms with van der Waals surface area (Å²) in [5, 5.41) is 0. The van der Waals surface area contributed by atoms with Gasteiger partial charge in [-0.3, -0.25) is 4.31 Å².